The maximum atomic E-state index is 5.74. The van der Waals surface area contributed by atoms with Crippen molar-refractivity contribution >= 4 is 24.3 Å². The molecule has 0 amide bonds. The summed E-state index contributed by atoms with van der Waals surface area (Å²) in [4.78, 5) is 14.7. The standard InChI is InChI=1S/C17H21N5O/c1-3-19-17(22-8-10-23-11-9-22)15-12(2)20-16(21-15)13-4-6-14(18)7-5-13/h3-7H,2,8-11,18H2,1H3,(H,20,21)/b17-15-,19-3?. The predicted molar refractivity (Wildman–Crippen MR) is 93.2 cm³/mol. The first-order valence-electron chi connectivity index (χ1n) is 7.65. The zero-order valence-electron chi connectivity index (χ0n) is 13.2. The molecule has 1 aromatic heterocycles. The number of nitrogens with two attached hydrogens (primary N) is 1. The summed E-state index contributed by atoms with van der Waals surface area (Å²) in [5, 5.41) is 1.53. The van der Waals surface area contributed by atoms with Crippen molar-refractivity contribution in [2.24, 2.45) is 4.99 Å². The number of hydrogen-bond donors (Lipinski definition) is 2. The number of anilines is 1. The molecule has 3 rings (SSSR count). The van der Waals surface area contributed by atoms with Gasteiger partial charge in [0, 0.05) is 30.6 Å². The second kappa shape index (κ2) is 6.66. The van der Waals surface area contributed by atoms with E-state index in [0.717, 1.165) is 46.7 Å². The highest BCUT2D eigenvalue weighted by molar-refractivity contribution is 5.63. The molecule has 0 radical (unpaired) electrons. The van der Waals surface area contributed by atoms with Crippen molar-refractivity contribution in [1.82, 2.24) is 14.9 Å². The minimum absolute atomic E-state index is 0.699. The Bertz CT molecular complexity index is 800. The number of H-pyrrole nitrogens is 1. The number of aromatic amines is 1. The topological polar surface area (TPSA) is 79.5 Å². The molecule has 1 fully saturated rings. The van der Waals surface area contributed by atoms with Crippen molar-refractivity contribution in [1.29, 1.82) is 0 Å². The zero-order valence-corrected chi connectivity index (χ0v) is 13.2. The number of nitrogen functional groups attached to an aromatic ring is 1. The van der Waals surface area contributed by atoms with Crippen molar-refractivity contribution in [2.45, 2.75) is 6.92 Å². The maximum Gasteiger partial charge on any atom is 0.156 e. The molecule has 0 unspecified atom stereocenters. The Labute approximate surface area is 135 Å². The van der Waals surface area contributed by atoms with E-state index in [-0.39, 0.29) is 0 Å². The number of hydrogen-bond acceptors (Lipinski definition) is 5. The average Bonchev–Trinajstić information content (AvgIpc) is 2.95. The van der Waals surface area contributed by atoms with Gasteiger partial charge in [-0.05, 0) is 31.2 Å². The summed E-state index contributed by atoms with van der Waals surface area (Å²) in [5.41, 5.74) is 7.44. The van der Waals surface area contributed by atoms with Crippen molar-refractivity contribution < 1.29 is 4.74 Å². The third-order valence-corrected chi connectivity index (χ3v) is 3.74. The number of benzene rings is 1. The smallest absolute Gasteiger partial charge is 0.156 e. The van der Waals surface area contributed by atoms with Crippen LogP contribution in [-0.2, 0) is 4.74 Å². The Balaban J connectivity index is 2.09. The highest BCUT2D eigenvalue weighted by Gasteiger charge is 2.15. The van der Waals surface area contributed by atoms with Crippen LogP contribution in [0.2, 0.25) is 0 Å². The molecule has 120 valence electrons. The number of morpholine rings is 1. The zero-order chi connectivity index (χ0) is 16.2. The minimum Gasteiger partial charge on any atom is -0.399 e. The van der Waals surface area contributed by atoms with Gasteiger partial charge in [0.05, 0.1) is 18.6 Å². The molecule has 0 aliphatic carbocycles. The SMILES string of the molecule is C=c1[nH]c(-c2ccc(N)cc2)n/c1=C(/N=CC)N1CCOCC1. The Morgan fingerprint density at radius 2 is 2.04 bits per heavy atom. The summed E-state index contributed by atoms with van der Waals surface area (Å²) in [6, 6.07) is 7.60. The lowest BCUT2D eigenvalue weighted by Gasteiger charge is -2.28. The summed E-state index contributed by atoms with van der Waals surface area (Å²) in [5.74, 6) is 1.60. The lowest BCUT2D eigenvalue weighted by Crippen LogP contribution is -2.40. The van der Waals surface area contributed by atoms with Crippen LogP contribution in [0.5, 0.6) is 0 Å². The van der Waals surface area contributed by atoms with Crippen molar-refractivity contribution in [3.05, 3.63) is 35.0 Å². The van der Waals surface area contributed by atoms with Gasteiger partial charge < -0.3 is 20.4 Å². The van der Waals surface area contributed by atoms with Crippen LogP contribution in [0.4, 0.5) is 5.69 Å². The normalized spacial score (nSPS) is 16.8. The lowest BCUT2D eigenvalue weighted by molar-refractivity contribution is 0.0626. The van der Waals surface area contributed by atoms with Gasteiger partial charge in [0.2, 0.25) is 0 Å². The number of imidazole rings is 1. The van der Waals surface area contributed by atoms with Gasteiger partial charge in [-0.2, -0.15) is 0 Å². The molecular formula is C17H21N5O. The molecule has 3 N–H and O–H groups in total. The van der Waals surface area contributed by atoms with E-state index in [0.29, 0.717) is 13.2 Å². The molecule has 0 atom stereocenters. The summed E-state index contributed by atoms with van der Waals surface area (Å²) in [6.45, 7) is 8.99. The third kappa shape index (κ3) is 3.27. The fraction of sp³-hybridized carbons (Fsp3) is 0.294. The monoisotopic (exact) mass is 311 g/mol. The Hall–Kier alpha value is -2.60. The molecule has 23 heavy (non-hydrogen) atoms. The summed E-state index contributed by atoms with van der Waals surface area (Å²) < 4.78 is 5.42. The van der Waals surface area contributed by atoms with Crippen molar-refractivity contribution in [2.75, 3.05) is 32.0 Å². The van der Waals surface area contributed by atoms with E-state index >= 15 is 0 Å². The summed E-state index contributed by atoms with van der Waals surface area (Å²) >= 11 is 0. The summed E-state index contributed by atoms with van der Waals surface area (Å²) in [7, 11) is 0. The van der Waals surface area contributed by atoms with Gasteiger partial charge in [-0.15, -0.1) is 0 Å². The Morgan fingerprint density at radius 3 is 2.70 bits per heavy atom. The fourth-order valence-corrected chi connectivity index (χ4v) is 2.56. The molecule has 0 bridgehead atoms. The molecule has 1 saturated heterocycles. The van der Waals surface area contributed by atoms with E-state index in [1.54, 1.807) is 6.21 Å². The highest BCUT2D eigenvalue weighted by Crippen LogP contribution is 2.15. The van der Waals surface area contributed by atoms with Crippen LogP contribution in [-0.4, -0.2) is 47.4 Å². The minimum atomic E-state index is 0.699. The van der Waals surface area contributed by atoms with Crippen molar-refractivity contribution in [3.8, 4) is 11.4 Å². The van der Waals surface area contributed by atoms with E-state index in [2.05, 4.69) is 21.5 Å². The van der Waals surface area contributed by atoms with E-state index in [1.807, 2.05) is 31.2 Å². The Morgan fingerprint density at radius 1 is 1.35 bits per heavy atom. The van der Waals surface area contributed by atoms with Crippen LogP contribution in [0, 0.1) is 0 Å². The number of ether oxygens (including phenoxy) is 1. The van der Waals surface area contributed by atoms with Gasteiger partial charge in [0.15, 0.2) is 5.82 Å². The number of nitrogens with zero attached hydrogens (tertiary/aromatic N) is 3. The number of aromatic nitrogens is 2. The second-order valence-corrected chi connectivity index (χ2v) is 5.34. The lowest BCUT2D eigenvalue weighted by atomic mass is 10.2. The number of nitrogens with one attached hydrogen (secondary N) is 1. The van der Waals surface area contributed by atoms with E-state index in [1.165, 1.54) is 0 Å². The molecule has 0 saturated carbocycles. The average molecular weight is 311 g/mol. The van der Waals surface area contributed by atoms with Crippen LogP contribution < -0.4 is 16.4 Å². The van der Waals surface area contributed by atoms with Crippen LogP contribution in [0.25, 0.3) is 23.8 Å². The van der Waals surface area contributed by atoms with E-state index < -0.39 is 0 Å². The van der Waals surface area contributed by atoms with Crippen LogP contribution in [0.15, 0.2) is 29.3 Å². The molecule has 6 nitrogen and oxygen atoms in total. The van der Waals surface area contributed by atoms with E-state index in [9.17, 15) is 0 Å². The molecule has 2 heterocycles. The molecule has 1 aliphatic rings. The molecule has 1 aromatic carbocycles. The Kier molecular flexibility index (Phi) is 4.43. The van der Waals surface area contributed by atoms with Crippen LogP contribution >= 0.6 is 0 Å². The molecular weight excluding hydrogens is 290 g/mol. The van der Waals surface area contributed by atoms with Gasteiger partial charge >= 0.3 is 0 Å². The van der Waals surface area contributed by atoms with Gasteiger partial charge in [-0.1, -0.05) is 6.58 Å². The molecule has 6 heteroatoms. The maximum absolute atomic E-state index is 5.74. The van der Waals surface area contributed by atoms with Gasteiger partial charge in [-0.3, -0.25) is 0 Å². The predicted octanol–water partition coefficient (Wildman–Crippen LogP) is 0.558. The first-order chi connectivity index (χ1) is 11.2. The molecule has 0 spiro atoms. The van der Waals surface area contributed by atoms with Crippen LogP contribution in [0.3, 0.4) is 0 Å². The first kappa shape index (κ1) is 15.3. The quantitative estimate of drug-likeness (QED) is 0.641. The highest BCUT2D eigenvalue weighted by atomic mass is 16.5. The molecule has 2 aromatic rings. The van der Waals surface area contributed by atoms with Crippen molar-refractivity contribution in [3.63, 3.8) is 0 Å². The van der Waals surface area contributed by atoms with Gasteiger partial charge in [-0.25, -0.2) is 9.98 Å². The summed E-state index contributed by atoms with van der Waals surface area (Å²) in [6.07, 6.45) is 1.78. The third-order valence-electron chi connectivity index (χ3n) is 3.74. The van der Waals surface area contributed by atoms with Crippen LogP contribution in [0.1, 0.15) is 6.92 Å². The molecule has 1 aliphatic heterocycles. The largest absolute Gasteiger partial charge is 0.399 e. The fourth-order valence-electron chi connectivity index (χ4n) is 2.56. The number of rotatable bonds is 3. The second-order valence-electron chi connectivity index (χ2n) is 5.34. The van der Waals surface area contributed by atoms with E-state index in [4.69, 9.17) is 15.5 Å². The first-order valence-corrected chi connectivity index (χ1v) is 7.65. The number of aliphatic imine (C=N–C) groups is 1. The van der Waals surface area contributed by atoms with Gasteiger partial charge in [0.25, 0.3) is 0 Å². The van der Waals surface area contributed by atoms with Gasteiger partial charge in [0.1, 0.15) is 11.2 Å².